The number of nitrogens with two attached hydrogens (primary N) is 1. The number of benzene rings is 1. The van der Waals surface area contributed by atoms with Crippen LogP contribution in [0.15, 0.2) is 18.2 Å². The number of nitrogens with one attached hydrogen (secondary N) is 1. The molecular formula is C33H59N3O10. The van der Waals surface area contributed by atoms with Crippen LogP contribution >= 0.6 is 0 Å². The first kappa shape index (κ1) is 41.3. The van der Waals surface area contributed by atoms with Crippen LogP contribution in [0.2, 0.25) is 0 Å². The molecule has 0 saturated heterocycles. The number of rotatable bonds is 24. The molecule has 0 aliphatic carbocycles. The van der Waals surface area contributed by atoms with Gasteiger partial charge >= 0.3 is 6.16 Å². The number of amides is 1. The van der Waals surface area contributed by atoms with Gasteiger partial charge in [0.25, 0.3) is 0 Å². The number of hydrogen-bond donors (Lipinski definition) is 4. The molecule has 1 amide bonds. The van der Waals surface area contributed by atoms with Gasteiger partial charge in [0, 0.05) is 45.1 Å². The lowest BCUT2D eigenvalue weighted by Crippen LogP contribution is -2.45. The van der Waals surface area contributed by atoms with Crippen LogP contribution < -0.4 is 20.5 Å². The summed E-state index contributed by atoms with van der Waals surface area (Å²) in [5.41, 5.74) is 7.87. The van der Waals surface area contributed by atoms with Gasteiger partial charge in [-0.25, -0.2) is 4.79 Å². The summed E-state index contributed by atoms with van der Waals surface area (Å²) in [5, 5.41) is 19.9. The topological polar surface area (TPSA) is 171 Å². The molecule has 1 rings (SSSR count). The third kappa shape index (κ3) is 16.8. The fraction of sp³-hybridized carbons (Fsp3) is 0.758. The first-order valence-corrected chi connectivity index (χ1v) is 16.2. The average molecular weight is 658 g/mol. The molecule has 0 fully saturated rings. The molecule has 0 aromatic heterocycles. The van der Waals surface area contributed by atoms with Crippen LogP contribution in [0, 0.1) is 29.6 Å². The van der Waals surface area contributed by atoms with Crippen molar-refractivity contribution in [3.63, 3.8) is 0 Å². The third-order valence-corrected chi connectivity index (χ3v) is 7.75. The molecule has 0 bridgehead atoms. The van der Waals surface area contributed by atoms with E-state index in [1.54, 1.807) is 14.2 Å². The third-order valence-electron chi connectivity index (χ3n) is 7.75. The molecule has 13 heteroatoms. The summed E-state index contributed by atoms with van der Waals surface area (Å²) in [4.78, 5) is 30.4. The molecule has 0 aliphatic rings. The fourth-order valence-corrected chi connectivity index (χ4v) is 4.94. The number of methoxy groups -OCH3 is 2. The second-order valence-electron chi connectivity index (χ2n) is 12.7. The van der Waals surface area contributed by atoms with Gasteiger partial charge in [0.05, 0.1) is 32.3 Å². The Balaban J connectivity index is 3.13. The van der Waals surface area contributed by atoms with Crippen molar-refractivity contribution in [3.05, 3.63) is 23.8 Å². The molecule has 0 radical (unpaired) electrons. The van der Waals surface area contributed by atoms with Crippen LogP contribution in [0.5, 0.6) is 11.5 Å². The van der Waals surface area contributed by atoms with Crippen molar-refractivity contribution in [2.75, 3.05) is 47.2 Å². The average Bonchev–Trinajstić information content (AvgIpc) is 2.99. The summed E-state index contributed by atoms with van der Waals surface area (Å²) < 4.78 is 27.6. The van der Waals surface area contributed by atoms with E-state index < -0.39 is 29.6 Å². The molecule has 266 valence electrons. The quantitative estimate of drug-likeness (QED) is 0.0667. The van der Waals surface area contributed by atoms with E-state index in [4.69, 9.17) is 39.8 Å². The molecule has 5 N–H and O–H groups in total. The molecule has 4 unspecified atom stereocenters. The van der Waals surface area contributed by atoms with Crippen molar-refractivity contribution >= 4 is 12.1 Å². The Hall–Kier alpha value is -2.68. The molecule has 1 aromatic carbocycles. The van der Waals surface area contributed by atoms with Crippen LogP contribution in [0.25, 0.3) is 0 Å². The highest BCUT2D eigenvalue weighted by Crippen LogP contribution is 2.32. The van der Waals surface area contributed by atoms with Crippen LogP contribution in [0.3, 0.4) is 0 Å². The Labute approximate surface area is 274 Å². The van der Waals surface area contributed by atoms with Gasteiger partial charge in [-0.05, 0) is 60.6 Å². The Morgan fingerprint density at radius 1 is 0.913 bits per heavy atom. The molecule has 0 aliphatic heterocycles. The molecule has 4 atom stereocenters. The van der Waals surface area contributed by atoms with Crippen LogP contribution in [-0.2, 0) is 30.3 Å². The number of nitrogens with zero attached hydrogens (tertiary/aromatic N) is 1. The van der Waals surface area contributed by atoms with E-state index in [9.17, 15) is 9.59 Å². The molecule has 46 heavy (non-hydrogen) atoms. The lowest BCUT2D eigenvalue weighted by molar-refractivity contribution is -0.492. The van der Waals surface area contributed by atoms with E-state index in [0.29, 0.717) is 44.1 Å². The molecule has 0 saturated carbocycles. The summed E-state index contributed by atoms with van der Waals surface area (Å²) in [6.45, 7) is 13.7. The highest BCUT2D eigenvalue weighted by Gasteiger charge is 2.33. The first-order valence-electron chi connectivity index (χ1n) is 16.2. The number of ether oxygens (including phenoxy) is 5. The Morgan fingerprint density at radius 2 is 1.61 bits per heavy atom. The molecule has 0 heterocycles. The smallest absolute Gasteiger partial charge is 0.493 e. The van der Waals surface area contributed by atoms with E-state index in [0.717, 1.165) is 12.0 Å². The lowest BCUT2D eigenvalue weighted by atomic mass is 9.80. The summed E-state index contributed by atoms with van der Waals surface area (Å²) in [6.07, 6.45) is 0.714. The summed E-state index contributed by atoms with van der Waals surface area (Å²) in [6, 6.07) is 5.31. The second kappa shape index (κ2) is 22.8. The van der Waals surface area contributed by atoms with Gasteiger partial charge in [-0.2, -0.15) is 0 Å². The summed E-state index contributed by atoms with van der Waals surface area (Å²) in [7, 11) is 3.26. The van der Waals surface area contributed by atoms with Gasteiger partial charge in [-0.1, -0.05) is 47.6 Å². The van der Waals surface area contributed by atoms with Crippen molar-refractivity contribution in [1.82, 2.24) is 10.7 Å². The largest absolute Gasteiger partial charge is 0.508 e. The van der Waals surface area contributed by atoms with E-state index in [-0.39, 0.29) is 55.6 Å². The molecule has 13 nitrogen and oxygen atoms in total. The van der Waals surface area contributed by atoms with E-state index in [1.807, 2.05) is 45.9 Å². The Morgan fingerprint density at radius 3 is 2.20 bits per heavy atom. The van der Waals surface area contributed by atoms with Crippen molar-refractivity contribution < 1.29 is 48.5 Å². The highest BCUT2D eigenvalue weighted by molar-refractivity contribution is 5.79. The van der Waals surface area contributed by atoms with Gasteiger partial charge in [0.1, 0.15) is 6.10 Å². The zero-order chi connectivity index (χ0) is 34.6. The monoisotopic (exact) mass is 657 g/mol. The Bertz CT molecular complexity index is 992. The van der Waals surface area contributed by atoms with Crippen LogP contribution in [0.4, 0.5) is 4.79 Å². The fourth-order valence-electron chi connectivity index (χ4n) is 4.94. The van der Waals surface area contributed by atoms with Crippen molar-refractivity contribution in [2.45, 2.75) is 85.8 Å². The number of hydrogen-bond acceptors (Lipinski definition) is 12. The van der Waals surface area contributed by atoms with Gasteiger partial charge in [0.15, 0.2) is 11.5 Å². The van der Waals surface area contributed by atoms with Crippen molar-refractivity contribution in [3.8, 4) is 11.5 Å². The maximum absolute atomic E-state index is 13.2. The van der Waals surface area contributed by atoms with Gasteiger partial charge < -0.3 is 34.7 Å². The molecule has 0 spiro atoms. The van der Waals surface area contributed by atoms with Crippen LogP contribution in [-0.4, -0.2) is 87.2 Å². The zero-order valence-electron chi connectivity index (χ0n) is 29.0. The summed E-state index contributed by atoms with van der Waals surface area (Å²) >= 11 is 0. The second-order valence-corrected chi connectivity index (χ2v) is 12.7. The zero-order valence-corrected chi connectivity index (χ0v) is 29.0. The van der Waals surface area contributed by atoms with Gasteiger partial charge in [-0.3, -0.25) is 20.0 Å². The first-order chi connectivity index (χ1) is 21.8. The van der Waals surface area contributed by atoms with Gasteiger partial charge in [-0.15, -0.1) is 0 Å². The SMILES string of the molecule is COCCCOc1cc(CC(CC(N)C(CC(C(=O)NCC(C)C)C(C)C)OC(=O)OCCCON(O)O)C(C)C)ccc1OC. The number of carbonyl (C=O) groups excluding carboxylic acids is 2. The van der Waals surface area contributed by atoms with Gasteiger partial charge in [0.2, 0.25) is 5.91 Å². The normalized spacial score (nSPS) is 14.3. The lowest BCUT2D eigenvalue weighted by Gasteiger charge is -2.32. The maximum Gasteiger partial charge on any atom is 0.508 e. The van der Waals surface area contributed by atoms with E-state index >= 15 is 0 Å². The van der Waals surface area contributed by atoms with Crippen LogP contribution in [0.1, 0.15) is 72.8 Å². The molecular weight excluding hydrogens is 598 g/mol. The minimum absolute atomic E-state index is 0.0268. The minimum atomic E-state index is -0.915. The predicted molar refractivity (Wildman–Crippen MR) is 173 cm³/mol. The molecule has 1 aromatic rings. The Kier molecular flexibility index (Phi) is 20.5. The number of carbonyl (C=O) groups is 2. The standard InChI is InChI=1S/C33H59N3O10/c1-22(2)21-35-32(37)27(24(5)6)20-30(46-33(38)44-15-10-16-45-36(39)40)28(34)19-26(23(3)4)17-25-11-12-29(42-8)31(18-25)43-14-9-13-41-7/h11-12,18,22-24,26-28,30,39-40H,9-10,13-17,19-21,34H2,1-8H3,(H,35,37). The van der Waals surface area contributed by atoms with Crippen molar-refractivity contribution in [2.24, 2.45) is 35.3 Å². The van der Waals surface area contributed by atoms with E-state index in [1.165, 1.54) is 0 Å². The summed E-state index contributed by atoms with van der Waals surface area (Å²) in [5.74, 6) is 1.40. The van der Waals surface area contributed by atoms with E-state index in [2.05, 4.69) is 24.0 Å². The maximum atomic E-state index is 13.2. The van der Waals surface area contributed by atoms with Crippen molar-refractivity contribution in [1.29, 1.82) is 0 Å². The highest BCUT2D eigenvalue weighted by atomic mass is 17.1. The minimum Gasteiger partial charge on any atom is -0.493 e. The predicted octanol–water partition coefficient (Wildman–Crippen LogP) is 5.00.